The zero-order valence-corrected chi connectivity index (χ0v) is 16.6. The summed E-state index contributed by atoms with van der Waals surface area (Å²) in [5, 5.41) is 2.99. The zero-order chi connectivity index (χ0) is 19.9. The summed E-state index contributed by atoms with van der Waals surface area (Å²) in [6.07, 6.45) is 2.89. The van der Waals surface area contributed by atoms with Crippen LogP contribution in [0.2, 0.25) is 0 Å². The van der Waals surface area contributed by atoms with Crippen LogP contribution in [0.25, 0.3) is 0 Å². The molecule has 1 aliphatic rings. The fraction of sp³-hybridized carbons (Fsp3) is 0.391. The molecule has 1 aliphatic heterocycles. The summed E-state index contributed by atoms with van der Waals surface area (Å²) in [4.78, 5) is 26.8. The minimum absolute atomic E-state index is 0.0779. The Balaban J connectivity index is 1.41. The number of benzene rings is 2. The number of carbonyl (C=O) groups is 2. The van der Waals surface area contributed by atoms with Crippen molar-refractivity contribution < 1.29 is 14.3 Å². The molecule has 2 aromatic rings. The highest BCUT2D eigenvalue weighted by Crippen LogP contribution is 2.22. The highest BCUT2D eigenvalue weighted by Gasteiger charge is 2.23. The number of hydrogen-bond acceptors (Lipinski definition) is 3. The van der Waals surface area contributed by atoms with E-state index >= 15 is 0 Å². The monoisotopic (exact) mass is 380 g/mol. The van der Waals surface area contributed by atoms with Crippen molar-refractivity contribution in [1.29, 1.82) is 0 Å². The van der Waals surface area contributed by atoms with E-state index in [1.165, 1.54) is 0 Å². The third-order valence-corrected chi connectivity index (χ3v) is 5.37. The van der Waals surface area contributed by atoms with Gasteiger partial charge >= 0.3 is 0 Å². The highest BCUT2D eigenvalue weighted by atomic mass is 16.5. The van der Waals surface area contributed by atoms with Crippen LogP contribution < -0.4 is 10.1 Å². The molecular formula is C23H28N2O3. The molecule has 0 aromatic heterocycles. The molecule has 1 heterocycles. The van der Waals surface area contributed by atoms with Gasteiger partial charge < -0.3 is 15.0 Å². The molecule has 0 radical (unpaired) electrons. The average Bonchev–Trinajstić information content (AvgIpc) is 2.74. The van der Waals surface area contributed by atoms with Gasteiger partial charge in [0.2, 0.25) is 0 Å². The summed E-state index contributed by atoms with van der Waals surface area (Å²) in [7, 11) is 1.59. The van der Waals surface area contributed by atoms with Crippen molar-refractivity contribution in [2.45, 2.75) is 26.2 Å². The summed E-state index contributed by atoms with van der Waals surface area (Å²) < 4.78 is 5.16. The van der Waals surface area contributed by atoms with Crippen molar-refractivity contribution in [3.8, 4) is 5.75 Å². The average molecular weight is 380 g/mol. The first-order chi connectivity index (χ1) is 13.6. The summed E-state index contributed by atoms with van der Waals surface area (Å²) in [6.45, 7) is 4.22. The maximum Gasteiger partial charge on any atom is 0.253 e. The molecule has 0 aliphatic carbocycles. The van der Waals surface area contributed by atoms with E-state index < -0.39 is 0 Å². The standard InChI is InChI=1S/C23H28N2O3/c1-17-6-8-19(9-7-17)23(27)25-14-11-18(12-15-25)10-13-24-22(26)20-4-3-5-21(16-20)28-2/h3-9,16,18H,10-15H2,1-2H3,(H,24,26). The molecule has 0 atom stereocenters. The molecule has 3 rings (SSSR count). The van der Waals surface area contributed by atoms with Crippen molar-refractivity contribution in [1.82, 2.24) is 10.2 Å². The SMILES string of the molecule is COc1cccc(C(=O)NCCC2CCN(C(=O)c3ccc(C)cc3)CC2)c1. The van der Waals surface area contributed by atoms with Gasteiger partial charge in [0.25, 0.3) is 11.8 Å². The molecule has 0 bridgehead atoms. The Labute approximate surface area is 166 Å². The number of amides is 2. The third-order valence-electron chi connectivity index (χ3n) is 5.37. The Hall–Kier alpha value is -2.82. The normalized spacial score (nSPS) is 14.6. The summed E-state index contributed by atoms with van der Waals surface area (Å²) in [6, 6.07) is 14.9. The first-order valence-electron chi connectivity index (χ1n) is 9.85. The zero-order valence-electron chi connectivity index (χ0n) is 16.6. The lowest BCUT2D eigenvalue weighted by Gasteiger charge is -2.32. The molecule has 1 saturated heterocycles. The lowest BCUT2D eigenvalue weighted by molar-refractivity contribution is 0.0687. The third kappa shape index (κ3) is 5.12. The number of nitrogens with zero attached hydrogens (tertiary/aromatic N) is 1. The van der Waals surface area contributed by atoms with Crippen LogP contribution in [0.4, 0.5) is 0 Å². The van der Waals surface area contributed by atoms with E-state index in [0.717, 1.165) is 43.5 Å². The number of rotatable bonds is 6. The van der Waals surface area contributed by atoms with Gasteiger partial charge in [0.1, 0.15) is 5.75 Å². The smallest absolute Gasteiger partial charge is 0.253 e. The van der Waals surface area contributed by atoms with Gasteiger partial charge in [0, 0.05) is 30.8 Å². The second kappa shape index (κ2) is 9.40. The maximum atomic E-state index is 12.6. The van der Waals surface area contributed by atoms with Crippen LogP contribution in [0, 0.1) is 12.8 Å². The largest absolute Gasteiger partial charge is 0.497 e. The fourth-order valence-electron chi connectivity index (χ4n) is 3.56. The van der Waals surface area contributed by atoms with Gasteiger partial charge in [-0.15, -0.1) is 0 Å². The number of methoxy groups -OCH3 is 1. The second-order valence-electron chi connectivity index (χ2n) is 7.38. The van der Waals surface area contributed by atoms with E-state index in [4.69, 9.17) is 4.74 Å². The quantitative estimate of drug-likeness (QED) is 0.832. The van der Waals surface area contributed by atoms with E-state index in [1.807, 2.05) is 48.2 Å². The van der Waals surface area contributed by atoms with Gasteiger partial charge in [-0.2, -0.15) is 0 Å². The van der Waals surface area contributed by atoms with E-state index in [9.17, 15) is 9.59 Å². The molecule has 2 amide bonds. The minimum atomic E-state index is -0.0779. The lowest BCUT2D eigenvalue weighted by atomic mass is 9.93. The molecule has 148 valence electrons. The molecule has 0 saturated carbocycles. The summed E-state index contributed by atoms with van der Waals surface area (Å²) in [5.41, 5.74) is 2.53. The molecule has 28 heavy (non-hydrogen) atoms. The molecular weight excluding hydrogens is 352 g/mol. The highest BCUT2D eigenvalue weighted by molar-refractivity contribution is 5.95. The lowest BCUT2D eigenvalue weighted by Crippen LogP contribution is -2.39. The number of ether oxygens (including phenoxy) is 1. The Morgan fingerprint density at radius 2 is 1.79 bits per heavy atom. The van der Waals surface area contributed by atoms with Crippen molar-refractivity contribution in [2.24, 2.45) is 5.92 Å². The van der Waals surface area contributed by atoms with Crippen molar-refractivity contribution in [3.63, 3.8) is 0 Å². The molecule has 0 unspecified atom stereocenters. The van der Waals surface area contributed by atoms with Crippen molar-refractivity contribution >= 4 is 11.8 Å². The van der Waals surface area contributed by atoms with Gasteiger partial charge in [0.15, 0.2) is 0 Å². The molecule has 2 aromatic carbocycles. The maximum absolute atomic E-state index is 12.6. The Kier molecular flexibility index (Phi) is 6.69. The number of likely N-dealkylation sites (tertiary alicyclic amines) is 1. The molecule has 5 heteroatoms. The van der Waals surface area contributed by atoms with Gasteiger partial charge in [-0.25, -0.2) is 0 Å². The molecule has 1 fully saturated rings. The summed E-state index contributed by atoms with van der Waals surface area (Å²) >= 11 is 0. The first-order valence-corrected chi connectivity index (χ1v) is 9.85. The van der Waals surface area contributed by atoms with Crippen molar-refractivity contribution in [2.75, 3.05) is 26.7 Å². The Morgan fingerprint density at radius 1 is 1.07 bits per heavy atom. The minimum Gasteiger partial charge on any atom is -0.497 e. The van der Waals surface area contributed by atoms with Crippen LogP contribution in [0.15, 0.2) is 48.5 Å². The Morgan fingerprint density at radius 3 is 2.46 bits per heavy atom. The van der Waals surface area contributed by atoms with Gasteiger partial charge in [-0.1, -0.05) is 23.8 Å². The molecule has 5 nitrogen and oxygen atoms in total. The fourth-order valence-corrected chi connectivity index (χ4v) is 3.56. The number of aryl methyl sites for hydroxylation is 1. The number of piperidine rings is 1. The topological polar surface area (TPSA) is 58.6 Å². The van der Waals surface area contributed by atoms with E-state index in [-0.39, 0.29) is 11.8 Å². The second-order valence-corrected chi connectivity index (χ2v) is 7.38. The Bertz CT molecular complexity index is 809. The van der Waals surface area contributed by atoms with Crippen LogP contribution in [0.5, 0.6) is 5.75 Å². The van der Waals surface area contributed by atoms with Crippen LogP contribution in [0.1, 0.15) is 45.5 Å². The van der Waals surface area contributed by atoms with Crippen molar-refractivity contribution in [3.05, 3.63) is 65.2 Å². The van der Waals surface area contributed by atoms with Gasteiger partial charge in [-0.3, -0.25) is 9.59 Å². The van der Waals surface area contributed by atoms with E-state index in [1.54, 1.807) is 19.2 Å². The van der Waals surface area contributed by atoms with Gasteiger partial charge in [-0.05, 0) is 62.4 Å². The van der Waals surface area contributed by atoms with Crippen LogP contribution in [-0.4, -0.2) is 43.5 Å². The van der Waals surface area contributed by atoms with E-state index in [0.29, 0.717) is 23.8 Å². The number of nitrogens with one attached hydrogen (secondary N) is 1. The predicted octanol–water partition coefficient (Wildman–Crippen LogP) is 3.68. The molecule has 1 N–H and O–H groups in total. The van der Waals surface area contributed by atoms with Crippen LogP contribution in [0.3, 0.4) is 0 Å². The van der Waals surface area contributed by atoms with Gasteiger partial charge in [0.05, 0.1) is 7.11 Å². The number of hydrogen-bond donors (Lipinski definition) is 1. The van der Waals surface area contributed by atoms with Crippen LogP contribution in [-0.2, 0) is 0 Å². The van der Waals surface area contributed by atoms with E-state index in [2.05, 4.69) is 5.32 Å². The molecule has 0 spiro atoms. The summed E-state index contributed by atoms with van der Waals surface area (Å²) in [5.74, 6) is 1.25. The van der Waals surface area contributed by atoms with Crippen LogP contribution >= 0.6 is 0 Å². The number of carbonyl (C=O) groups excluding carboxylic acids is 2. The first kappa shape index (κ1) is 19.9. The predicted molar refractivity (Wildman–Crippen MR) is 110 cm³/mol.